The number of carbonyl (C=O) groups is 2. The lowest BCUT2D eigenvalue weighted by molar-refractivity contribution is -0.186. The summed E-state index contributed by atoms with van der Waals surface area (Å²) in [6.07, 6.45) is 2.20. The number of nitrogens with zero attached hydrogens (tertiary/aromatic N) is 3. The molecule has 3 aliphatic heterocycles. The van der Waals surface area contributed by atoms with Gasteiger partial charge >= 0.3 is 18.2 Å². The zero-order valence-electron chi connectivity index (χ0n) is 24.4. The van der Waals surface area contributed by atoms with Gasteiger partial charge in [0.15, 0.2) is 0 Å². The predicted molar refractivity (Wildman–Crippen MR) is 155 cm³/mol. The van der Waals surface area contributed by atoms with Crippen LogP contribution in [0.4, 0.5) is 23.7 Å². The monoisotopic (exact) mass is 621 g/mol. The number of carbonyl (C=O) groups excluding carboxylic acids is 2. The molecule has 0 radical (unpaired) electrons. The summed E-state index contributed by atoms with van der Waals surface area (Å²) in [6, 6.07) is 10.3. The first-order valence-corrected chi connectivity index (χ1v) is 16.5. The van der Waals surface area contributed by atoms with E-state index in [1.807, 2.05) is 12.1 Å². The molecule has 0 aliphatic carbocycles. The number of aryl methyl sites for hydroxylation is 1. The van der Waals surface area contributed by atoms with Crippen molar-refractivity contribution in [2.24, 2.45) is 0 Å². The fraction of sp³-hybridized carbons (Fsp3) is 0.548. The van der Waals surface area contributed by atoms with E-state index in [9.17, 15) is 31.2 Å². The first-order chi connectivity index (χ1) is 20.5. The molecular formula is C31H38F3N3O5S. The summed E-state index contributed by atoms with van der Waals surface area (Å²) in [4.78, 5) is 27.2. The fourth-order valence-corrected chi connectivity index (χ4v) is 7.88. The minimum Gasteiger partial charge on any atom is -0.444 e. The van der Waals surface area contributed by atoms with Crippen molar-refractivity contribution >= 4 is 27.7 Å². The third-order valence-electron chi connectivity index (χ3n) is 8.69. The highest BCUT2D eigenvalue weighted by atomic mass is 32.2. The maximum Gasteiger partial charge on any atom is 0.471 e. The number of rotatable bonds is 9. The van der Waals surface area contributed by atoms with Crippen LogP contribution in [0.3, 0.4) is 0 Å². The van der Waals surface area contributed by atoms with Gasteiger partial charge in [-0.2, -0.15) is 17.5 Å². The molecule has 12 heteroatoms. The summed E-state index contributed by atoms with van der Waals surface area (Å²) in [5.41, 5.74) is 4.07. The molecule has 0 N–H and O–H groups in total. The quantitative estimate of drug-likeness (QED) is 0.323. The van der Waals surface area contributed by atoms with E-state index in [0.29, 0.717) is 23.3 Å². The molecule has 1 saturated heterocycles. The number of anilines is 1. The molecule has 8 nitrogen and oxygen atoms in total. The van der Waals surface area contributed by atoms with Crippen molar-refractivity contribution in [3.63, 3.8) is 0 Å². The van der Waals surface area contributed by atoms with E-state index in [1.54, 1.807) is 11.0 Å². The first-order valence-electron chi connectivity index (χ1n) is 15.1. The van der Waals surface area contributed by atoms with Gasteiger partial charge in [0.1, 0.15) is 6.61 Å². The molecule has 3 heterocycles. The number of alkyl halides is 3. The van der Waals surface area contributed by atoms with Gasteiger partial charge in [-0.25, -0.2) is 13.2 Å². The van der Waals surface area contributed by atoms with E-state index in [1.165, 1.54) is 35.7 Å². The van der Waals surface area contributed by atoms with Crippen molar-refractivity contribution in [3.05, 3.63) is 58.7 Å². The zero-order valence-corrected chi connectivity index (χ0v) is 25.2. The lowest BCUT2D eigenvalue weighted by Gasteiger charge is -2.40. The molecule has 43 heavy (non-hydrogen) atoms. The molecule has 2 aromatic carbocycles. The van der Waals surface area contributed by atoms with Crippen molar-refractivity contribution in [1.82, 2.24) is 9.21 Å². The minimum atomic E-state index is -4.98. The number of halogens is 3. The predicted octanol–water partition coefficient (Wildman–Crippen LogP) is 5.96. The first kappa shape index (κ1) is 31.3. The Morgan fingerprint density at radius 2 is 1.72 bits per heavy atom. The Labute approximate surface area is 250 Å². The SMILES string of the molecule is CCCCCCCc1cccc2c1N(C1CCN(S(=O)(=O)c3ccc4c(c3)CN(C(=O)C(F)(F)F)CC4)CC1)C(=O)OC2. The second-order valence-corrected chi connectivity index (χ2v) is 13.5. The number of hydrogen-bond acceptors (Lipinski definition) is 5. The topological polar surface area (TPSA) is 87.2 Å². The third kappa shape index (κ3) is 6.69. The lowest BCUT2D eigenvalue weighted by atomic mass is 9.96. The molecule has 3 aliphatic rings. The largest absolute Gasteiger partial charge is 0.471 e. The molecule has 234 valence electrons. The van der Waals surface area contributed by atoms with E-state index in [-0.39, 0.29) is 50.1 Å². The number of cyclic esters (lactones) is 1. The van der Waals surface area contributed by atoms with Crippen LogP contribution >= 0.6 is 0 Å². The molecule has 2 amide bonds. The van der Waals surface area contributed by atoms with Gasteiger partial charge in [-0.1, -0.05) is 56.9 Å². The average molecular weight is 622 g/mol. The van der Waals surface area contributed by atoms with Crippen LogP contribution in [0.25, 0.3) is 0 Å². The summed E-state index contributed by atoms with van der Waals surface area (Å²) in [6.45, 7) is 2.39. The summed E-state index contributed by atoms with van der Waals surface area (Å²) in [7, 11) is -3.94. The number of piperidine rings is 1. The third-order valence-corrected chi connectivity index (χ3v) is 10.6. The molecule has 5 rings (SSSR count). The highest BCUT2D eigenvalue weighted by Gasteiger charge is 2.43. The van der Waals surface area contributed by atoms with E-state index >= 15 is 0 Å². The minimum absolute atomic E-state index is 0.0147. The molecule has 2 aromatic rings. The fourth-order valence-electron chi connectivity index (χ4n) is 6.36. The van der Waals surface area contributed by atoms with E-state index < -0.39 is 28.2 Å². The second kappa shape index (κ2) is 12.9. The number of fused-ring (bicyclic) bond motifs is 2. The Balaban J connectivity index is 1.28. The number of hydrogen-bond donors (Lipinski definition) is 0. The van der Waals surface area contributed by atoms with Crippen molar-refractivity contribution in [2.45, 2.75) is 95.0 Å². The van der Waals surface area contributed by atoms with Crippen LogP contribution in [0.2, 0.25) is 0 Å². The van der Waals surface area contributed by atoms with Gasteiger partial charge in [0.2, 0.25) is 10.0 Å². The van der Waals surface area contributed by atoms with Gasteiger partial charge < -0.3 is 9.64 Å². The summed E-state index contributed by atoms with van der Waals surface area (Å²) in [5, 5.41) is 0. The molecular weight excluding hydrogens is 583 g/mol. The molecule has 1 fully saturated rings. The van der Waals surface area contributed by atoms with Crippen LogP contribution < -0.4 is 4.90 Å². The molecule has 0 saturated carbocycles. The Kier molecular flexibility index (Phi) is 9.36. The standard InChI is InChI=1S/C31H38F3N3O5S/c1-2-3-4-5-6-8-23-9-7-10-24-21-42-30(39)37(28(23)24)26-14-17-36(18-15-26)43(40,41)27-12-11-22-13-16-35(20-25(22)19-27)29(38)31(32,33)34/h7,9-12,19,26H,2-6,8,13-18,20-21H2,1H3. The molecule has 0 aromatic heterocycles. The highest BCUT2D eigenvalue weighted by molar-refractivity contribution is 7.89. The second-order valence-electron chi connectivity index (χ2n) is 11.6. The van der Waals surface area contributed by atoms with Gasteiger partial charge in [0, 0.05) is 37.8 Å². The van der Waals surface area contributed by atoms with Gasteiger partial charge in [-0.15, -0.1) is 0 Å². The number of ether oxygens (including phenoxy) is 1. The highest BCUT2D eigenvalue weighted by Crippen LogP contribution is 2.37. The van der Waals surface area contributed by atoms with Crippen LogP contribution in [0.5, 0.6) is 0 Å². The van der Waals surface area contributed by atoms with Gasteiger partial charge in [0.25, 0.3) is 0 Å². The van der Waals surface area contributed by atoms with Crippen molar-refractivity contribution in [3.8, 4) is 0 Å². The Morgan fingerprint density at radius 1 is 0.977 bits per heavy atom. The smallest absolute Gasteiger partial charge is 0.444 e. The van der Waals surface area contributed by atoms with Crippen LogP contribution in [-0.2, 0) is 45.5 Å². The van der Waals surface area contributed by atoms with Crippen molar-refractivity contribution in [1.29, 1.82) is 0 Å². The Morgan fingerprint density at radius 3 is 2.44 bits per heavy atom. The number of amides is 2. The normalized spacial score (nSPS) is 18.3. The van der Waals surface area contributed by atoms with E-state index in [4.69, 9.17) is 4.74 Å². The van der Waals surface area contributed by atoms with Crippen molar-refractivity contribution < 1.29 is 35.9 Å². The van der Waals surface area contributed by atoms with Crippen LogP contribution in [-0.4, -0.2) is 61.5 Å². The van der Waals surface area contributed by atoms with Gasteiger partial charge in [-0.3, -0.25) is 9.69 Å². The van der Waals surface area contributed by atoms with E-state index in [0.717, 1.165) is 41.6 Å². The van der Waals surface area contributed by atoms with E-state index in [2.05, 4.69) is 13.0 Å². The number of benzene rings is 2. The van der Waals surface area contributed by atoms with Crippen molar-refractivity contribution in [2.75, 3.05) is 24.5 Å². The maximum atomic E-state index is 13.6. The Bertz CT molecular complexity index is 1460. The van der Waals surface area contributed by atoms with Gasteiger partial charge in [0.05, 0.1) is 10.6 Å². The summed E-state index contributed by atoms with van der Waals surface area (Å²) >= 11 is 0. The van der Waals surface area contributed by atoms with Gasteiger partial charge in [-0.05, 0) is 60.9 Å². The summed E-state index contributed by atoms with van der Waals surface area (Å²) in [5.74, 6) is -1.93. The van der Waals surface area contributed by atoms with Crippen LogP contribution in [0.15, 0.2) is 41.3 Å². The molecule has 0 atom stereocenters. The number of unbranched alkanes of at least 4 members (excludes halogenated alkanes) is 4. The maximum absolute atomic E-state index is 13.6. The number of para-hydroxylation sites is 1. The number of sulfonamides is 1. The molecule has 0 spiro atoms. The average Bonchev–Trinajstić information content (AvgIpc) is 2.99. The summed E-state index contributed by atoms with van der Waals surface area (Å²) < 4.78 is 73.0. The van der Waals surface area contributed by atoms with Crippen LogP contribution in [0.1, 0.15) is 74.1 Å². The molecule has 0 bridgehead atoms. The molecule has 0 unspecified atom stereocenters. The lowest BCUT2D eigenvalue weighted by Crippen LogP contribution is -2.50. The van der Waals surface area contributed by atoms with Crippen LogP contribution in [0, 0.1) is 0 Å². The zero-order chi connectivity index (χ0) is 30.8. The Hall–Kier alpha value is -3.12.